The van der Waals surface area contributed by atoms with Gasteiger partial charge in [0.05, 0.1) is 0 Å². The van der Waals surface area contributed by atoms with Crippen LogP contribution in [0.15, 0.2) is 5.38 Å². The van der Waals surface area contributed by atoms with Crippen LogP contribution in [-0.2, 0) is 6.54 Å². The molecule has 1 heterocycles. The first-order valence-electron chi connectivity index (χ1n) is 5.50. The minimum Gasteiger partial charge on any atom is -0.310 e. The molecule has 1 aromatic heterocycles. The molecule has 4 heteroatoms. The molecule has 0 radical (unpaired) electrons. The number of aryl methyl sites for hydroxylation is 1. The molecule has 86 valence electrons. The third-order valence-electron chi connectivity index (χ3n) is 2.18. The van der Waals surface area contributed by atoms with E-state index in [1.165, 1.54) is 35.1 Å². The van der Waals surface area contributed by atoms with E-state index in [0.29, 0.717) is 0 Å². The molecular weight excluding hydrogens is 319 g/mol. The number of aromatic nitrogens is 1. The average Bonchev–Trinajstić information content (AvgIpc) is 2.63. The number of nitrogens with one attached hydrogen (secondary N) is 1. The van der Waals surface area contributed by atoms with Crippen molar-refractivity contribution in [2.75, 3.05) is 11.0 Å². The summed E-state index contributed by atoms with van der Waals surface area (Å²) in [5, 5.41) is 6.75. The molecular formula is C11H19IN2S. The Morgan fingerprint density at radius 2 is 2.13 bits per heavy atom. The third-order valence-corrected chi connectivity index (χ3v) is 3.91. The van der Waals surface area contributed by atoms with Gasteiger partial charge in [0.25, 0.3) is 0 Å². The summed E-state index contributed by atoms with van der Waals surface area (Å²) >= 11 is 4.19. The summed E-state index contributed by atoms with van der Waals surface area (Å²) < 4.78 is 1.30. The Labute approximate surface area is 110 Å². The van der Waals surface area contributed by atoms with Crippen LogP contribution in [0, 0.1) is 6.92 Å². The van der Waals surface area contributed by atoms with Crippen molar-refractivity contribution in [3.05, 3.63) is 16.1 Å². The molecule has 1 N–H and O–H groups in total. The summed E-state index contributed by atoms with van der Waals surface area (Å²) in [7, 11) is 0. The van der Waals surface area contributed by atoms with Crippen LogP contribution in [0.5, 0.6) is 0 Å². The maximum Gasteiger partial charge on any atom is 0.107 e. The van der Waals surface area contributed by atoms with E-state index in [1.54, 1.807) is 11.3 Å². The van der Waals surface area contributed by atoms with E-state index >= 15 is 0 Å². The van der Waals surface area contributed by atoms with E-state index in [1.807, 2.05) is 6.92 Å². The first-order valence-corrected chi connectivity index (χ1v) is 7.91. The highest BCUT2D eigenvalue weighted by Gasteiger charge is 1.97. The van der Waals surface area contributed by atoms with E-state index in [0.717, 1.165) is 18.8 Å². The second-order valence-electron chi connectivity index (χ2n) is 3.66. The van der Waals surface area contributed by atoms with Crippen LogP contribution in [0.3, 0.4) is 0 Å². The monoisotopic (exact) mass is 338 g/mol. The highest BCUT2D eigenvalue weighted by molar-refractivity contribution is 14.1. The predicted molar refractivity (Wildman–Crippen MR) is 75.9 cm³/mol. The van der Waals surface area contributed by atoms with Crippen molar-refractivity contribution in [3.63, 3.8) is 0 Å². The van der Waals surface area contributed by atoms with Gasteiger partial charge in [-0.25, -0.2) is 4.98 Å². The van der Waals surface area contributed by atoms with Gasteiger partial charge in [0, 0.05) is 17.6 Å². The zero-order valence-electron chi connectivity index (χ0n) is 9.26. The molecule has 0 aliphatic carbocycles. The van der Waals surface area contributed by atoms with Crippen LogP contribution in [0.1, 0.15) is 36.4 Å². The molecule has 1 aromatic rings. The molecule has 0 amide bonds. The number of hydrogen-bond acceptors (Lipinski definition) is 3. The lowest BCUT2D eigenvalue weighted by atomic mass is 10.2. The van der Waals surface area contributed by atoms with Gasteiger partial charge in [0.15, 0.2) is 0 Å². The summed E-state index contributed by atoms with van der Waals surface area (Å²) in [5.74, 6) is 0. The lowest BCUT2D eigenvalue weighted by molar-refractivity contribution is 0.599. The number of rotatable bonds is 8. The van der Waals surface area contributed by atoms with Crippen LogP contribution >= 0.6 is 33.9 Å². The molecule has 2 nitrogen and oxygen atoms in total. The first kappa shape index (κ1) is 13.4. The third kappa shape index (κ3) is 6.48. The summed E-state index contributed by atoms with van der Waals surface area (Å²) in [6.07, 6.45) is 5.39. The fourth-order valence-electron chi connectivity index (χ4n) is 1.38. The topological polar surface area (TPSA) is 24.9 Å². The van der Waals surface area contributed by atoms with E-state index in [-0.39, 0.29) is 0 Å². The zero-order valence-corrected chi connectivity index (χ0v) is 12.2. The molecule has 0 bridgehead atoms. The van der Waals surface area contributed by atoms with E-state index in [9.17, 15) is 0 Å². The molecule has 0 fully saturated rings. The van der Waals surface area contributed by atoms with E-state index in [4.69, 9.17) is 0 Å². The molecule has 0 atom stereocenters. The lowest BCUT2D eigenvalue weighted by Crippen LogP contribution is -2.14. The van der Waals surface area contributed by atoms with Crippen LogP contribution in [-0.4, -0.2) is 16.0 Å². The van der Waals surface area contributed by atoms with Crippen molar-refractivity contribution in [1.29, 1.82) is 0 Å². The van der Waals surface area contributed by atoms with Gasteiger partial charge < -0.3 is 5.32 Å². The molecule has 0 unspecified atom stereocenters. The Morgan fingerprint density at radius 1 is 1.33 bits per heavy atom. The summed E-state index contributed by atoms with van der Waals surface area (Å²) in [6, 6.07) is 0. The molecule has 0 saturated carbocycles. The van der Waals surface area contributed by atoms with E-state index < -0.39 is 0 Å². The largest absolute Gasteiger partial charge is 0.310 e. The lowest BCUT2D eigenvalue weighted by Gasteiger charge is -2.01. The molecule has 0 aliphatic rings. The van der Waals surface area contributed by atoms with Gasteiger partial charge in [-0.15, -0.1) is 11.3 Å². The second kappa shape index (κ2) is 8.47. The Hall–Kier alpha value is 0.320. The maximum absolute atomic E-state index is 4.41. The SMILES string of the molecule is Cc1csc(CNCCCCCCI)n1. The summed E-state index contributed by atoms with van der Waals surface area (Å²) in [5.41, 5.74) is 1.14. The van der Waals surface area contributed by atoms with E-state index in [2.05, 4.69) is 38.3 Å². The van der Waals surface area contributed by atoms with Crippen molar-refractivity contribution < 1.29 is 0 Å². The molecule has 0 aliphatic heterocycles. The molecule has 15 heavy (non-hydrogen) atoms. The van der Waals surface area contributed by atoms with Gasteiger partial charge in [0.1, 0.15) is 5.01 Å². The van der Waals surface area contributed by atoms with Gasteiger partial charge >= 0.3 is 0 Å². The Kier molecular flexibility index (Phi) is 7.56. The zero-order chi connectivity index (χ0) is 10.9. The summed E-state index contributed by atoms with van der Waals surface area (Å²) in [6.45, 7) is 4.11. The molecule has 1 rings (SSSR count). The van der Waals surface area contributed by atoms with Crippen LogP contribution < -0.4 is 5.32 Å². The number of unbranched alkanes of at least 4 members (excludes halogenated alkanes) is 3. The quantitative estimate of drug-likeness (QED) is 0.446. The second-order valence-corrected chi connectivity index (χ2v) is 5.68. The predicted octanol–water partition coefficient (Wildman–Crippen LogP) is 3.54. The number of alkyl halides is 1. The maximum atomic E-state index is 4.41. The Morgan fingerprint density at radius 3 is 2.80 bits per heavy atom. The van der Waals surface area contributed by atoms with Gasteiger partial charge in [-0.3, -0.25) is 0 Å². The van der Waals surface area contributed by atoms with Gasteiger partial charge in [-0.1, -0.05) is 35.4 Å². The van der Waals surface area contributed by atoms with Crippen molar-refractivity contribution >= 4 is 33.9 Å². The molecule has 0 aromatic carbocycles. The van der Waals surface area contributed by atoms with Gasteiger partial charge in [0.2, 0.25) is 0 Å². The minimum atomic E-state index is 0.935. The highest BCUT2D eigenvalue weighted by atomic mass is 127. The normalized spacial score (nSPS) is 10.8. The number of halogens is 1. The molecule has 0 saturated heterocycles. The Balaban J connectivity index is 1.93. The number of thiazole rings is 1. The van der Waals surface area contributed by atoms with Gasteiger partial charge in [-0.2, -0.15) is 0 Å². The number of nitrogens with zero attached hydrogens (tertiary/aromatic N) is 1. The van der Waals surface area contributed by atoms with Crippen molar-refractivity contribution in [1.82, 2.24) is 10.3 Å². The van der Waals surface area contributed by atoms with Crippen molar-refractivity contribution in [3.8, 4) is 0 Å². The minimum absolute atomic E-state index is 0.935. The standard InChI is InChI=1S/C11H19IN2S/c1-10-9-15-11(14-10)8-13-7-5-3-2-4-6-12/h9,13H,2-8H2,1H3. The van der Waals surface area contributed by atoms with Crippen molar-refractivity contribution in [2.24, 2.45) is 0 Å². The van der Waals surface area contributed by atoms with Crippen LogP contribution in [0.25, 0.3) is 0 Å². The van der Waals surface area contributed by atoms with Crippen LogP contribution in [0.2, 0.25) is 0 Å². The van der Waals surface area contributed by atoms with Crippen molar-refractivity contribution in [2.45, 2.75) is 39.2 Å². The Bertz CT molecular complexity index is 263. The fourth-order valence-corrected chi connectivity index (χ4v) is 2.66. The highest BCUT2D eigenvalue weighted by Crippen LogP contribution is 2.08. The fraction of sp³-hybridized carbons (Fsp3) is 0.727. The van der Waals surface area contributed by atoms with Gasteiger partial charge in [-0.05, 0) is 30.7 Å². The summed E-state index contributed by atoms with van der Waals surface area (Å²) in [4.78, 5) is 4.41. The van der Waals surface area contributed by atoms with Crippen LogP contribution in [0.4, 0.5) is 0 Å². The number of hydrogen-bond donors (Lipinski definition) is 1. The average molecular weight is 338 g/mol. The molecule has 0 spiro atoms. The smallest absolute Gasteiger partial charge is 0.107 e. The first-order chi connectivity index (χ1) is 7.33.